The van der Waals surface area contributed by atoms with Crippen LogP contribution in [-0.4, -0.2) is 47.9 Å². The monoisotopic (exact) mass is 240 g/mol. The Morgan fingerprint density at radius 1 is 1.24 bits per heavy atom. The third-order valence-electron chi connectivity index (χ3n) is 3.51. The highest BCUT2D eigenvalue weighted by atomic mass is 16.2. The van der Waals surface area contributed by atoms with E-state index in [0.717, 1.165) is 25.6 Å². The number of nitrogens with zero attached hydrogens (tertiary/aromatic N) is 2. The van der Waals surface area contributed by atoms with Gasteiger partial charge in [-0.15, -0.1) is 0 Å². The van der Waals surface area contributed by atoms with Crippen LogP contribution in [0.5, 0.6) is 0 Å². The molecule has 0 aromatic heterocycles. The molecule has 1 saturated carbocycles. The van der Waals surface area contributed by atoms with Crippen molar-refractivity contribution >= 4 is 5.91 Å². The Morgan fingerprint density at radius 2 is 1.82 bits per heavy atom. The maximum atomic E-state index is 12.1. The fourth-order valence-electron chi connectivity index (χ4n) is 2.10. The first-order chi connectivity index (χ1) is 8.08. The predicted octanol–water partition coefficient (Wildman–Crippen LogP) is 2.37. The summed E-state index contributed by atoms with van der Waals surface area (Å²) < 4.78 is 0. The van der Waals surface area contributed by atoms with Crippen LogP contribution in [0.25, 0.3) is 0 Å². The molecule has 1 aliphatic carbocycles. The maximum absolute atomic E-state index is 12.1. The van der Waals surface area contributed by atoms with Crippen LogP contribution < -0.4 is 0 Å². The summed E-state index contributed by atoms with van der Waals surface area (Å²) in [6.07, 6.45) is 3.76. The van der Waals surface area contributed by atoms with E-state index in [9.17, 15) is 4.79 Å². The molecule has 1 fully saturated rings. The molecule has 3 nitrogen and oxygen atoms in total. The maximum Gasteiger partial charge on any atom is 0.236 e. The van der Waals surface area contributed by atoms with E-state index in [-0.39, 0.29) is 0 Å². The van der Waals surface area contributed by atoms with Gasteiger partial charge in [-0.3, -0.25) is 9.69 Å². The van der Waals surface area contributed by atoms with Crippen molar-refractivity contribution in [3.8, 4) is 0 Å². The Labute approximate surface area is 106 Å². The second kappa shape index (κ2) is 7.00. The Bertz CT molecular complexity index is 232. The lowest BCUT2D eigenvalue weighted by Gasteiger charge is -2.26. The van der Waals surface area contributed by atoms with Crippen molar-refractivity contribution in [1.82, 2.24) is 9.80 Å². The molecule has 100 valence electrons. The second-order valence-corrected chi connectivity index (χ2v) is 5.45. The van der Waals surface area contributed by atoms with Gasteiger partial charge in [-0.25, -0.2) is 0 Å². The normalized spacial score (nSPS) is 15.6. The Hall–Kier alpha value is -0.570. The van der Waals surface area contributed by atoms with Crippen molar-refractivity contribution in [1.29, 1.82) is 0 Å². The summed E-state index contributed by atoms with van der Waals surface area (Å²) in [5.41, 5.74) is 0. The standard InChI is InChI=1S/C14H28N2O/c1-5-15(6-2)14(17)11-16(13-7-8-13)10-9-12(3)4/h12-13H,5-11H2,1-4H3. The van der Waals surface area contributed by atoms with Crippen molar-refractivity contribution in [3.05, 3.63) is 0 Å². The van der Waals surface area contributed by atoms with E-state index in [1.807, 2.05) is 4.90 Å². The summed E-state index contributed by atoms with van der Waals surface area (Å²) in [7, 11) is 0. The van der Waals surface area contributed by atoms with Crippen LogP contribution in [0.1, 0.15) is 47.0 Å². The molecule has 0 heterocycles. The molecular formula is C14H28N2O. The minimum absolute atomic E-state index is 0.297. The van der Waals surface area contributed by atoms with Crippen LogP contribution >= 0.6 is 0 Å². The molecule has 1 rings (SSSR count). The molecule has 0 aromatic rings. The third-order valence-corrected chi connectivity index (χ3v) is 3.51. The molecule has 1 aliphatic rings. The fourth-order valence-corrected chi connectivity index (χ4v) is 2.10. The van der Waals surface area contributed by atoms with Gasteiger partial charge in [-0.1, -0.05) is 13.8 Å². The van der Waals surface area contributed by atoms with E-state index in [0.29, 0.717) is 18.5 Å². The molecule has 0 radical (unpaired) electrons. The summed E-state index contributed by atoms with van der Waals surface area (Å²) >= 11 is 0. The number of rotatable bonds is 8. The summed E-state index contributed by atoms with van der Waals surface area (Å²) in [6, 6.07) is 0.688. The average Bonchev–Trinajstić information content (AvgIpc) is 3.09. The number of carbonyl (C=O) groups is 1. The molecule has 0 saturated heterocycles. The van der Waals surface area contributed by atoms with Crippen molar-refractivity contribution in [2.75, 3.05) is 26.2 Å². The first kappa shape index (κ1) is 14.5. The first-order valence-corrected chi connectivity index (χ1v) is 7.10. The average molecular weight is 240 g/mol. The van der Waals surface area contributed by atoms with Gasteiger partial charge >= 0.3 is 0 Å². The molecule has 0 spiro atoms. The van der Waals surface area contributed by atoms with Crippen LogP contribution in [0.15, 0.2) is 0 Å². The van der Waals surface area contributed by atoms with Crippen LogP contribution in [0, 0.1) is 5.92 Å². The highest BCUT2D eigenvalue weighted by Crippen LogP contribution is 2.27. The first-order valence-electron chi connectivity index (χ1n) is 7.10. The Morgan fingerprint density at radius 3 is 2.24 bits per heavy atom. The smallest absolute Gasteiger partial charge is 0.236 e. The SMILES string of the molecule is CCN(CC)C(=O)CN(CCC(C)C)C1CC1. The summed E-state index contributed by atoms with van der Waals surface area (Å²) in [5.74, 6) is 1.02. The van der Waals surface area contributed by atoms with E-state index in [2.05, 4.69) is 32.6 Å². The number of hydrogen-bond donors (Lipinski definition) is 0. The van der Waals surface area contributed by atoms with E-state index < -0.39 is 0 Å². The number of hydrogen-bond acceptors (Lipinski definition) is 2. The molecule has 0 unspecified atom stereocenters. The molecule has 0 N–H and O–H groups in total. The topological polar surface area (TPSA) is 23.6 Å². The van der Waals surface area contributed by atoms with Gasteiger partial charge < -0.3 is 4.90 Å². The van der Waals surface area contributed by atoms with Gasteiger partial charge in [0.1, 0.15) is 0 Å². The zero-order chi connectivity index (χ0) is 12.8. The lowest BCUT2D eigenvalue weighted by atomic mass is 10.1. The molecule has 17 heavy (non-hydrogen) atoms. The van der Waals surface area contributed by atoms with Crippen LogP contribution in [0.2, 0.25) is 0 Å². The molecule has 3 heteroatoms. The van der Waals surface area contributed by atoms with Crippen molar-refractivity contribution in [3.63, 3.8) is 0 Å². The zero-order valence-corrected chi connectivity index (χ0v) is 11.9. The van der Waals surface area contributed by atoms with Gasteiger partial charge in [0.15, 0.2) is 0 Å². The van der Waals surface area contributed by atoms with E-state index >= 15 is 0 Å². The fraction of sp³-hybridized carbons (Fsp3) is 0.929. The number of amides is 1. The van der Waals surface area contributed by atoms with Crippen LogP contribution in [0.4, 0.5) is 0 Å². The van der Waals surface area contributed by atoms with E-state index in [4.69, 9.17) is 0 Å². The minimum Gasteiger partial charge on any atom is -0.342 e. The van der Waals surface area contributed by atoms with Gasteiger partial charge in [0.25, 0.3) is 0 Å². The lowest BCUT2D eigenvalue weighted by molar-refractivity contribution is -0.132. The molecule has 1 amide bonds. The minimum atomic E-state index is 0.297. The van der Waals surface area contributed by atoms with E-state index in [1.54, 1.807) is 0 Å². The van der Waals surface area contributed by atoms with Gasteiger partial charge in [0.2, 0.25) is 5.91 Å². The summed E-state index contributed by atoms with van der Waals surface area (Å²) in [4.78, 5) is 16.4. The summed E-state index contributed by atoms with van der Waals surface area (Å²) in [5, 5.41) is 0. The van der Waals surface area contributed by atoms with Gasteiger partial charge in [-0.05, 0) is 45.6 Å². The molecular weight excluding hydrogens is 212 g/mol. The second-order valence-electron chi connectivity index (χ2n) is 5.45. The van der Waals surface area contributed by atoms with Gasteiger partial charge in [0.05, 0.1) is 6.54 Å². The third kappa shape index (κ3) is 5.07. The van der Waals surface area contributed by atoms with Gasteiger partial charge in [-0.2, -0.15) is 0 Å². The van der Waals surface area contributed by atoms with Gasteiger partial charge in [0, 0.05) is 19.1 Å². The molecule has 0 atom stereocenters. The molecule has 0 aliphatic heterocycles. The Balaban J connectivity index is 2.40. The van der Waals surface area contributed by atoms with Crippen molar-refractivity contribution in [2.24, 2.45) is 5.92 Å². The van der Waals surface area contributed by atoms with Crippen molar-refractivity contribution in [2.45, 2.75) is 53.0 Å². The predicted molar refractivity (Wildman–Crippen MR) is 72.0 cm³/mol. The molecule has 0 aromatic carbocycles. The van der Waals surface area contributed by atoms with Crippen LogP contribution in [-0.2, 0) is 4.79 Å². The number of likely N-dealkylation sites (N-methyl/N-ethyl adjacent to an activating group) is 1. The highest BCUT2D eigenvalue weighted by Gasteiger charge is 2.30. The molecule has 0 bridgehead atoms. The van der Waals surface area contributed by atoms with Crippen LogP contribution in [0.3, 0.4) is 0 Å². The Kier molecular flexibility index (Phi) is 5.96. The largest absolute Gasteiger partial charge is 0.342 e. The van der Waals surface area contributed by atoms with E-state index in [1.165, 1.54) is 19.3 Å². The highest BCUT2D eigenvalue weighted by molar-refractivity contribution is 5.78. The number of carbonyl (C=O) groups excluding carboxylic acids is 1. The zero-order valence-electron chi connectivity index (χ0n) is 11.9. The van der Waals surface area contributed by atoms with Crippen molar-refractivity contribution < 1.29 is 4.79 Å². The summed E-state index contributed by atoms with van der Waals surface area (Å²) in [6.45, 7) is 12.0. The lowest BCUT2D eigenvalue weighted by Crippen LogP contribution is -2.41. The quantitative estimate of drug-likeness (QED) is 0.650.